The highest BCUT2D eigenvalue weighted by Gasteiger charge is 2.15. The van der Waals surface area contributed by atoms with Gasteiger partial charge in [0, 0.05) is 23.7 Å². The first-order valence-corrected chi connectivity index (χ1v) is 6.60. The fourth-order valence-electron chi connectivity index (χ4n) is 2.39. The van der Waals surface area contributed by atoms with E-state index in [-0.39, 0.29) is 5.69 Å². The van der Waals surface area contributed by atoms with E-state index in [1.54, 1.807) is 18.5 Å². The summed E-state index contributed by atoms with van der Waals surface area (Å²) in [5.41, 5.74) is 0.858. The van der Waals surface area contributed by atoms with Crippen molar-refractivity contribution in [1.82, 2.24) is 20.1 Å². The van der Waals surface area contributed by atoms with Crippen LogP contribution in [-0.4, -0.2) is 32.3 Å². The maximum atomic E-state index is 10.6. The zero-order chi connectivity index (χ0) is 13.9. The zero-order valence-corrected chi connectivity index (χ0v) is 10.9. The summed E-state index contributed by atoms with van der Waals surface area (Å²) in [6, 6.07) is 6.74. The highest BCUT2D eigenvalue weighted by atomic mass is 16.6. The first-order chi connectivity index (χ1) is 9.72. The van der Waals surface area contributed by atoms with E-state index in [9.17, 15) is 10.1 Å². The third-order valence-electron chi connectivity index (χ3n) is 3.44. The lowest BCUT2D eigenvalue weighted by atomic mass is 10.2. The van der Waals surface area contributed by atoms with Crippen LogP contribution in [0.25, 0.3) is 11.4 Å². The van der Waals surface area contributed by atoms with Gasteiger partial charge in [0.05, 0.1) is 11.5 Å². The van der Waals surface area contributed by atoms with Crippen LogP contribution >= 0.6 is 0 Å². The van der Waals surface area contributed by atoms with Gasteiger partial charge in [-0.15, -0.1) is 0 Å². The van der Waals surface area contributed by atoms with Gasteiger partial charge in [-0.1, -0.05) is 0 Å². The summed E-state index contributed by atoms with van der Waals surface area (Å²) in [5.74, 6) is 0.595. The Kier molecular flexibility index (Phi) is 3.42. The SMILES string of the molecule is O=[N+]([O-])c1ccc(-c2ncn(C[C@H]3CCCN3)n2)cc1. The second-order valence-electron chi connectivity index (χ2n) is 4.89. The molecule has 0 amide bonds. The second kappa shape index (κ2) is 5.38. The molecule has 1 fully saturated rings. The van der Waals surface area contributed by atoms with Crippen molar-refractivity contribution in [2.24, 2.45) is 0 Å². The van der Waals surface area contributed by atoms with Crippen molar-refractivity contribution in [3.63, 3.8) is 0 Å². The van der Waals surface area contributed by atoms with E-state index in [2.05, 4.69) is 15.4 Å². The largest absolute Gasteiger partial charge is 0.312 e. The average Bonchev–Trinajstić information content (AvgIpc) is 3.11. The summed E-state index contributed by atoms with van der Waals surface area (Å²) in [7, 11) is 0. The topological polar surface area (TPSA) is 85.9 Å². The molecule has 1 N–H and O–H groups in total. The van der Waals surface area contributed by atoms with Crippen molar-refractivity contribution in [2.45, 2.75) is 25.4 Å². The molecule has 104 valence electrons. The highest BCUT2D eigenvalue weighted by molar-refractivity contribution is 5.56. The lowest BCUT2D eigenvalue weighted by Gasteiger charge is -2.08. The van der Waals surface area contributed by atoms with Crippen LogP contribution < -0.4 is 5.32 Å². The summed E-state index contributed by atoms with van der Waals surface area (Å²) in [6.45, 7) is 1.87. The van der Waals surface area contributed by atoms with Gasteiger partial charge >= 0.3 is 0 Å². The zero-order valence-electron chi connectivity index (χ0n) is 10.9. The Balaban J connectivity index is 1.73. The van der Waals surface area contributed by atoms with Crippen LogP contribution in [0.5, 0.6) is 0 Å². The smallest absolute Gasteiger partial charge is 0.269 e. The van der Waals surface area contributed by atoms with E-state index < -0.39 is 4.92 Å². The fraction of sp³-hybridized carbons (Fsp3) is 0.385. The number of hydrogen-bond acceptors (Lipinski definition) is 5. The number of nitro groups is 1. The van der Waals surface area contributed by atoms with E-state index >= 15 is 0 Å². The van der Waals surface area contributed by atoms with Crippen molar-refractivity contribution in [1.29, 1.82) is 0 Å². The molecule has 1 aromatic carbocycles. The van der Waals surface area contributed by atoms with Crippen molar-refractivity contribution in [2.75, 3.05) is 6.54 Å². The van der Waals surface area contributed by atoms with Crippen molar-refractivity contribution in [3.8, 4) is 11.4 Å². The third-order valence-corrected chi connectivity index (χ3v) is 3.44. The van der Waals surface area contributed by atoms with Crippen LogP contribution in [0.1, 0.15) is 12.8 Å². The summed E-state index contributed by atoms with van der Waals surface area (Å²) < 4.78 is 1.82. The molecular weight excluding hydrogens is 258 g/mol. The Hall–Kier alpha value is -2.28. The molecule has 1 atom stereocenters. The van der Waals surface area contributed by atoms with E-state index in [0.717, 1.165) is 25.1 Å². The molecule has 2 aromatic rings. The molecule has 7 heteroatoms. The molecule has 1 saturated heterocycles. The molecule has 0 spiro atoms. The molecule has 0 aliphatic carbocycles. The highest BCUT2D eigenvalue weighted by Crippen LogP contribution is 2.19. The Morgan fingerprint density at radius 1 is 1.40 bits per heavy atom. The molecule has 3 rings (SSSR count). The minimum Gasteiger partial charge on any atom is -0.312 e. The number of rotatable bonds is 4. The summed E-state index contributed by atoms with van der Waals surface area (Å²) in [5, 5.41) is 18.4. The van der Waals surface area contributed by atoms with Crippen molar-refractivity contribution < 1.29 is 4.92 Å². The van der Waals surface area contributed by atoms with Gasteiger partial charge in [-0.3, -0.25) is 14.8 Å². The minimum atomic E-state index is -0.415. The lowest BCUT2D eigenvalue weighted by Crippen LogP contribution is -2.26. The van der Waals surface area contributed by atoms with Gasteiger partial charge in [0.15, 0.2) is 5.82 Å². The number of nitrogens with one attached hydrogen (secondary N) is 1. The molecular formula is C13H15N5O2. The molecule has 20 heavy (non-hydrogen) atoms. The Morgan fingerprint density at radius 3 is 2.85 bits per heavy atom. The van der Waals surface area contributed by atoms with Crippen molar-refractivity contribution in [3.05, 3.63) is 40.7 Å². The molecule has 1 aliphatic heterocycles. The monoisotopic (exact) mass is 273 g/mol. The maximum Gasteiger partial charge on any atom is 0.269 e. The van der Waals surface area contributed by atoms with E-state index in [1.807, 2.05) is 4.68 Å². The Labute approximate surface area is 115 Å². The number of hydrogen-bond donors (Lipinski definition) is 1. The second-order valence-corrected chi connectivity index (χ2v) is 4.89. The quantitative estimate of drug-likeness (QED) is 0.675. The Bertz CT molecular complexity index is 601. The standard InChI is InChI=1S/C13H15N5O2/c19-18(20)12-5-3-10(4-6-12)13-15-9-17(16-13)8-11-2-1-7-14-11/h3-6,9,11,14H,1-2,7-8H2/t11-/m1/s1. The molecule has 0 unspecified atom stereocenters. The molecule has 0 saturated carbocycles. The summed E-state index contributed by atoms with van der Waals surface area (Å²) in [4.78, 5) is 14.5. The first kappa shape index (κ1) is 12.7. The van der Waals surface area contributed by atoms with Gasteiger partial charge in [-0.2, -0.15) is 5.10 Å². The molecule has 0 radical (unpaired) electrons. The molecule has 2 heterocycles. The summed E-state index contributed by atoms with van der Waals surface area (Å²) in [6.07, 6.45) is 4.07. The number of nitro benzene ring substituents is 1. The number of non-ortho nitro benzene ring substituents is 1. The predicted molar refractivity (Wildman–Crippen MR) is 73.1 cm³/mol. The molecule has 1 aliphatic rings. The van der Waals surface area contributed by atoms with Crippen LogP contribution in [0.4, 0.5) is 5.69 Å². The van der Waals surface area contributed by atoms with Gasteiger partial charge in [-0.25, -0.2) is 4.98 Å². The molecule has 0 bridgehead atoms. The van der Waals surface area contributed by atoms with Gasteiger partial charge in [0.1, 0.15) is 6.33 Å². The van der Waals surface area contributed by atoms with E-state index in [1.165, 1.54) is 18.6 Å². The molecule has 1 aromatic heterocycles. The Morgan fingerprint density at radius 2 is 2.20 bits per heavy atom. The van der Waals surface area contributed by atoms with Gasteiger partial charge in [-0.05, 0) is 31.5 Å². The van der Waals surface area contributed by atoms with E-state index in [0.29, 0.717) is 11.9 Å². The average molecular weight is 273 g/mol. The molecule has 7 nitrogen and oxygen atoms in total. The summed E-state index contributed by atoms with van der Waals surface area (Å²) >= 11 is 0. The van der Waals surface area contributed by atoms with Gasteiger partial charge in [0.2, 0.25) is 0 Å². The lowest BCUT2D eigenvalue weighted by molar-refractivity contribution is -0.384. The van der Waals surface area contributed by atoms with Crippen LogP contribution in [0.2, 0.25) is 0 Å². The van der Waals surface area contributed by atoms with Crippen LogP contribution in [0.15, 0.2) is 30.6 Å². The van der Waals surface area contributed by atoms with Crippen LogP contribution in [-0.2, 0) is 6.54 Å². The van der Waals surface area contributed by atoms with E-state index in [4.69, 9.17) is 0 Å². The number of aromatic nitrogens is 3. The predicted octanol–water partition coefficient (Wildman–Crippen LogP) is 1.61. The minimum absolute atomic E-state index is 0.0725. The van der Waals surface area contributed by atoms with Gasteiger partial charge < -0.3 is 5.32 Å². The maximum absolute atomic E-state index is 10.6. The number of benzene rings is 1. The fourth-order valence-corrected chi connectivity index (χ4v) is 2.39. The third kappa shape index (κ3) is 2.67. The number of nitrogens with zero attached hydrogens (tertiary/aromatic N) is 4. The normalized spacial score (nSPS) is 18.3. The van der Waals surface area contributed by atoms with Crippen LogP contribution in [0, 0.1) is 10.1 Å². The van der Waals surface area contributed by atoms with Crippen LogP contribution in [0.3, 0.4) is 0 Å². The van der Waals surface area contributed by atoms with Crippen molar-refractivity contribution >= 4 is 5.69 Å². The first-order valence-electron chi connectivity index (χ1n) is 6.60. The van der Waals surface area contributed by atoms with Gasteiger partial charge in [0.25, 0.3) is 5.69 Å².